The van der Waals surface area contributed by atoms with Gasteiger partial charge in [0.2, 0.25) is 0 Å². The molecule has 0 bridgehead atoms. The molecule has 0 spiro atoms. The molecule has 1 aromatic heterocycles. The number of benzene rings is 1. The van der Waals surface area contributed by atoms with Gasteiger partial charge in [0.05, 0.1) is 11.3 Å². The van der Waals surface area contributed by atoms with Gasteiger partial charge in [-0.2, -0.15) is 13.2 Å². The van der Waals surface area contributed by atoms with Crippen LogP contribution in [0, 0.1) is 5.82 Å². The lowest BCUT2D eigenvalue weighted by molar-refractivity contribution is -0.137. The minimum Gasteiger partial charge on any atom is -0.375 e. The summed E-state index contributed by atoms with van der Waals surface area (Å²) < 4.78 is 52.5. The van der Waals surface area contributed by atoms with Crippen molar-refractivity contribution >= 4 is 16.5 Å². The average molecular weight is 359 g/mol. The number of hydrogen-bond acceptors (Lipinski definition) is 4. The second kappa shape index (κ2) is 6.33. The van der Waals surface area contributed by atoms with Crippen molar-refractivity contribution in [2.75, 3.05) is 12.3 Å². The molecule has 2 aromatic rings. The van der Waals surface area contributed by atoms with E-state index < -0.39 is 17.6 Å². The van der Waals surface area contributed by atoms with Crippen LogP contribution in [0.4, 0.5) is 22.7 Å². The molecule has 1 atom stereocenters. The first kappa shape index (κ1) is 17.2. The molecule has 2 heterocycles. The second-order valence-corrected chi connectivity index (χ2v) is 7.13. The van der Waals surface area contributed by atoms with Gasteiger partial charge in [0.1, 0.15) is 5.82 Å². The fourth-order valence-corrected chi connectivity index (χ4v) is 3.88. The van der Waals surface area contributed by atoms with Crippen molar-refractivity contribution in [1.29, 1.82) is 0 Å². The molecule has 24 heavy (non-hydrogen) atoms. The molecule has 1 aliphatic heterocycles. The summed E-state index contributed by atoms with van der Waals surface area (Å²) >= 11 is 1.24. The predicted molar refractivity (Wildman–Crippen MR) is 86.0 cm³/mol. The van der Waals surface area contributed by atoms with Crippen molar-refractivity contribution in [3.05, 3.63) is 34.5 Å². The fourth-order valence-electron chi connectivity index (χ4n) is 3.00. The first-order valence-corrected chi connectivity index (χ1v) is 8.43. The number of nitrogen functional groups attached to an aromatic ring is 1. The maximum absolute atomic E-state index is 13.7. The standard InChI is InChI=1S/C16H17F4N3S/c1-9-3-2-4-23(9)8-13-14(22-15(21)24-13)10-5-11(16(18,19)20)7-12(17)6-10/h5-7,9H,2-4,8H2,1H3,(H2,21,22)/t9-/m1/s1. The van der Waals surface area contributed by atoms with Crippen molar-refractivity contribution in [3.63, 3.8) is 0 Å². The molecule has 0 aliphatic carbocycles. The Morgan fingerprint density at radius 1 is 1.33 bits per heavy atom. The third-order valence-electron chi connectivity index (χ3n) is 4.25. The minimum atomic E-state index is -4.61. The summed E-state index contributed by atoms with van der Waals surface area (Å²) in [5.41, 5.74) is 5.18. The molecule has 0 saturated carbocycles. The molecule has 1 aromatic carbocycles. The zero-order valence-corrected chi connectivity index (χ0v) is 13.8. The number of anilines is 1. The molecule has 3 nitrogen and oxygen atoms in total. The molecular formula is C16H17F4N3S. The molecule has 1 aliphatic rings. The zero-order valence-electron chi connectivity index (χ0n) is 13.0. The molecule has 2 N–H and O–H groups in total. The highest BCUT2D eigenvalue weighted by Crippen LogP contribution is 2.36. The highest BCUT2D eigenvalue weighted by atomic mass is 32.1. The van der Waals surface area contributed by atoms with E-state index in [9.17, 15) is 17.6 Å². The van der Waals surface area contributed by atoms with E-state index >= 15 is 0 Å². The number of nitrogens with zero attached hydrogens (tertiary/aromatic N) is 2. The Morgan fingerprint density at radius 2 is 2.08 bits per heavy atom. The van der Waals surface area contributed by atoms with Crippen LogP contribution in [0.25, 0.3) is 11.3 Å². The number of nitrogens with two attached hydrogens (primary N) is 1. The lowest BCUT2D eigenvalue weighted by atomic mass is 10.1. The Labute approximate surface area is 141 Å². The van der Waals surface area contributed by atoms with Gasteiger partial charge in [-0.1, -0.05) is 0 Å². The van der Waals surface area contributed by atoms with Crippen molar-refractivity contribution in [2.24, 2.45) is 0 Å². The molecule has 8 heteroatoms. The van der Waals surface area contributed by atoms with Gasteiger partial charge in [-0.3, -0.25) is 4.90 Å². The average Bonchev–Trinajstić information content (AvgIpc) is 3.04. The van der Waals surface area contributed by atoms with Crippen LogP contribution < -0.4 is 5.73 Å². The molecule has 0 amide bonds. The van der Waals surface area contributed by atoms with Crippen molar-refractivity contribution in [3.8, 4) is 11.3 Å². The van der Waals surface area contributed by atoms with Crippen LogP contribution in [0.3, 0.4) is 0 Å². The largest absolute Gasteiger partial charge is 0.416 e. The van der Waals surface area contributed by atoms with Gasteiger partial charge >= 0.3 is 6.18 Å². The van der Waals surface area contributed by atoms with Crippen LogP contribution in [0.5, 0.6) is 0 Å². The summed E-state index contributed by atoms with van der Waals surface area (Å²) in [6.07, 6.45) is -2.44. The van der Waals surface area contributed by atoms with Crippen LogP contribution in [-0.4, -0.2) is 22.5 Å². The highest BCUT2D eigenvalue weighted by Gasteiger charge is 2.32. The Bertz CT molecular complexity index is 741. The molecule has 1 saturated heterocycles. The lowest BCUT2D eigenvalue weighted by Crippen LogP contribution is -2.25. The maximum atomic E-state index is 13.7. The van der Waals surface area contributed by atoms with Crippen LogP contribution in [0.2, 0.25) is 0 Å². The van der Waals surface area contributed by atoms with Crippen molar-refractivity contribution in [2.45, 2.75) is 38.5 Å². The van der Waals surface area contributed by atoms with E-state index in [4.69, 9.17) is 5.73 Å². The fraction of sp³-hybridized carbons (Fsp3) is 0.438. The lowest BCUT2D eigenvalue weighted by Gasteiger charge is -2.20. The van der Waals surface area contributed by atoms with Crippen molar-refractivity contribution in [1.82, 2.24) is 9.88 Å². The van der Waals surface area contributed by atoms with Gasteiger partial charge in [-0.05, 0) is 44.5 Å². The molecule has 0 radical (unpaired) electrons. The maximum Gasteiger partial charge on any atom is 0.416 e. The Kier molecular flexibility index (Phi) is 4.52. The molecular weight excluding hydrogens is 342 g/mol. The first-order valence-electron chi connectivity index (χ1n) is 7.61. The van der Waals surface area contributed by atoms with E-state index in [1.165, 1.54) is 11.3 Å². The summed E-state index contributed by atoms with van der Waals surface area (Å²) in [6, 6.07) is 2.88. The Balaban J connectivity index is 1.99. The molecule has 0 unspecified atom stereocenters. The number of alkyl halides is 3. The monoisotopic (exact) mass is 359 g/mol. The van der Waals surface area contributed by atoms with E-state index in [2.05, 4.69) is 16.8 Å². The quantitative estimate of drug-likeness (QED) is 0.819. The van der Waals surface area contributed by atoms with E-state index in [-0.39, 0.29) is 10.7 Å². The van der Waals surface area contributed by atoms with Crippen LogP contribution in [0.1, 0.15) is 30.2 Å². The summed E-state index contributed by atoms with van der Waals surface area (Å²) in [5, 5.41) is 0.268. The number of halogens is 4. The summed E-state index contributed by atoms with van der Waals surface area (Å²) in [5.74, 6) is -0.938. The van der Waals surface area contributed by atoms with Crippen LogP contribution in [-0.2, 0) is 12.7 Å². The van der Waals surface area contributed by atoms with Gasteiger partial charge in [-0.15, -0.1) is 11.3 Å². The van der Waals surface area contributed by atoms with E-state index in [0.29, 0.717) is 24.3 Å². The number of rotatable bonds is 3. The van der Waals surface area contributed by atoms with Crippen LogP contribution in [0.15, 0.2) is 18.2 Å². The summed E-state index contributed by atoms with van der Waals surface area (Å²) in [7, 11) is 0. The summed E-state index contributed by atoms with van der Waals surface area (Å²) in [6.45, 7) is 3.60. The molecule has 3 rings (SSSR count). The number of aromatic nitrogens is 1. The Morgan fingerprint density at radius 3 is 2.71 bits per heavy atom. The Hall–Kier alpha value is -1.67. The summed E-state index contributed by atoms with van der Waals surface area (Å²) in [4.78, 5) is 7.15. The van der Waals surface area contributed by atoms with Gasteiger partial charge in [0, 0.05) is 23.0 Å². The zero-order chi connectivity index (χ0) is 17.5. The first-order chi connectivity index (χ1) is 11.2. The van der Waals surface area contributed by atoms with E-state index in [0.717, 1.165) is 36.4 Å². The third-order valence-corrected chi connectivity index (χ3v) is 5.12. The normalized spacial score (nSPS) is 19.1. The van der Waals surface area contributed by atoms with Gasteiger partial charge < -0.3 is 5.73 Å². The highest BCUT2D eigenvalue weighted by molar-refractivity contribution is 7.15. The second-order valence-electron chi connectivity index (χ2n) is 6.01. The molecule has 1 fully saturated rings. The van der Waals surface area contributed by atoms with E-state index in [1.807, 2.05) is 0 Å². The topological polar surface area (TPSA) is 42.1 Å². The van der Waals surface area contributed by atoms with Crippen LogP contribution >= 0.6 is 11.3 Å². The van der Waals surface area contributed by atoms with Gasteiger partial charge in [-0.25, -0.2) is 9.37 Å². The molecule has 130 valence electrons. The minimum absolute atomic E-state index is 0.108. The smallest absolute Gasteiger partial charge is 0.375 e. The number of likely N-dealkylation sites (tertiary alicyclic amines) is 1. The predicted octanol–water partition coefficient (Wildman–Crippen LogP) is 4.53. The van der Waals surface area contributed by atoms with Crippen molar-refractivity contribution < 1.29 is 17.6 Å². The third kappa shape index (κ3) is 3.54. The van der Waals surface area contributed by atoms with Gasteiger partial charge in [0.15, 0.2) is 5.13 Å². The number of thiazole rings is 1. The van der Waals surface area contributed by atoms with E-state index in [1.54, 1.807) is 0 Å². The van der Waals surface area contributed by atoms with Gasteiger partial charge in [0.25, 0.3) is 0 Å². The number of hydrogen-bond donors (Lipinski definition) is 1. The SMILES string of the molecule is C[C@@H]1CCCN1Cc1sc(N)nc1-c1cc(F)cc(C(F)(F)F)c1.